The van der Waals surface area contributed by atoms with E-state index in [1.54, 1.807) is 31.0 Å². The Kier molecular flexibility index (Phi) is 4.10. The van der Waals surface area contributed by atoms with Crippen molar-refractivity contribution < 1.29 is 9.84 Å². The first-order chi connectivity index (χ1) is 13.9. The molecule has 7 heteroatoms. The molecule has 0 spiro atoms. The van der Waals surface area contributed by atoms with Gasteiger partial charge in [0.05, 0.1) is 30.1 Å². The van der Waals surface area contributed by atoms with Crippen molar-refractivity contribution >= 4 is 0 Å². The average molecular weight is 391 g/mol. The molecule has 2 aliphatic heterocycles. The van der Waals surface area contributed by atoms with E-state index in [9.17, 15) is 5.11 Å². The molecule has 4 heterocycles. The van der Waals surface area contributed by atoms with Gasteiger partial charge in [0.25, 0.3) is 0 Å². The molecule has 150 valence electrons. The highest BCUT2D eigenvalue weighted by atomic mass is 16.5. The Bertz CT molecular complexity index is 1000. The number of imidazole rings is 1. The molecule has 0 saturated carbocycles. The molecule has 1 aromatic carbocycles. The molecular weight excluding hydrogens is 366 g/mol. The second kappa shape index (κ2) is 6.56. The number of benzene rings is 1. The van der Waals surface area contributed by atoms with Crippen molar-refractivity contribution in [1.29, 1.82) is 0 Å². The first-order valence-electron chi connectivity index (χ1n) is 10.0. The van der Waals surface area contributed by atoms with Gasteiger partial charge in [-0.3, -0.25) is 0 Å². The largest absolute Gasteiger partial charge is 0.507 e. The maximum Gasteiger partial charge on any atom is 0.232 e. The standard InChI is InChI=1S/C22H25N5O2/c1-21-5-6-22(2,26-21)11-16(10-21)29-20-13-24-18(12-25-20)17-4-3-15(9-19(17)28)27-8-7-23-14-27/h3-4,7-9,12-14,16,26,28H,5-6,10-11H2,1-2H3/t16?,21-,22+. The summed E-state index contributed by atoms with van der Waals surface area (Å²) in [6.45, 7) is 4.55. The van der Waals surface area contributed by atoms with E-state index in [2.05, 4.69) is 34.1 Å². The third-order valence-corrected chi connectivity index (χ3v) is 6.16. The van der Waals surface area contributed by atoms with Gasteiger partial charge in [-0.15, -0.1) is 0 Å². The van der Waals surface area contributed by atoms with Crippen LogP contribution in [0.15, 0.2) is 49.3 Å². The minimum Gasteiger partial charge on any atom is -0.507 e. The zero-order valence-corrected chi connectivity index (χ0v) is 16.7. The smallest absolute Gasteiger partial charge is 0.232 e. The topological polar surface area (TPSA) is 85.1 Å². The van der Waals surface area contributed by atoms with Crippen LogP contribution in [0.3, 0.4) is 0 Å². The van der Waals surface area contributed by atoms with Crippen molar-refractivity contribution in [3.8, 4) is 28.6 Å². The lowest BCUT2D eigenvalue weighted by Crippen LogP contribution is -2.56. The molecule has 2 fully saturated rings. The average Bonchev–Trinajstić information content (AvgIpc) is 3.28. The van der Waals surface area contributed by atoms with Crippen molar-refractivity contribution in [2.45, 2.75) is 56.7 Å². The number of rotatable bonds is 4. The number of hydrogen-bond donors (Lipinski definition) is 2. The second-order valence-corrected chi connectivity index (χ2v) is 8.81. The predicted octanol–water partition coefficient (Wildman–Crippen LogP) is 3.48. The number of piperidine rings is 1. The van der Waals surface area contributed by atoms with Crippen LogP contribution in [0.2, 0.25) is 0 Å². The number of aromatic hydroxyl groups is 1. The lowest BCUT2D eigenvalue weighted by Gasteiger charge is -2.41. The van der Waals surface area contributed by atoms with Crippen molar-refractivity contribution in [3.63, 3.8) is 0 Å². The van der Waals surface area contributed by atoms with Crippen LogP contribution in [-0.4, -0.2) is 41.8 Å². The Labute approximate surface area is 169 Å². The van der Waals surface area contributed by atoms with Gasteiger partial charge in [-0.05, 0) is 38.8 Å². The van der Waals surface area contributed by atoms with E-state index in [0.717, 1.165) is 18.5 Å². The van der Waals surface area contributed by atoms with Crippen molar-refractivity contribution in [2.24, 2.45) is 0 Å². The molecule has 3 aromatic rings. The Balaban J connectivity index is 1.32. The zero-order valence-electron chi connectivity index (χ0n) is 16.7. The molecule has 29 heavy (non-hydrogen) atoms. The fourth-order valence-corrected chi connectivity index (χ4v) is 4.87. The molecule has 2 bridgehead atoms. The predicted molar refractivity (Wildman–Crippen MR) is 109 cm³/mol. The number of nitrogens with one attached hydrogen (secondary N) is 1. The molecule has 0 amide bonds. The summed E-state index contributed by atoms with van der Waals surface area (Å²) in [5.41, 5.74) is 2.37. The zero-order chi connectivity index (χ0) is 20.1. The molecule has 3 atom stereocenters. The first kappa shape index (κ1) is 18.1. The summed E-state index contributed by atoms with van der Waals surface area (Å²) in [5.74, 6) is 0.678. The number of fused-ring (bicyclic) bond motifs is 2. The highest BCUT2D eigenvalue weighted by Gasteiger charge is 2.49. The van der Waals surface area contributed by atoms with Crippen LogP contribution < -0.4 is 10.1 Å². The maximum atomic E-state index is 10.5. The second-order valence-electron chi connectivity index (χ2n) is 8.81. The normalized spacial score (nSPS) is 28.4. The van der Waals surface area contributed by atoms with Crippen LogP contribution >= 0.6 is 0 Å². The summed E-state index contributed by atoms with van der Waals surface area (Å²) < 4.78 is 8.00. The molecule has 0 radical (unpaired) electrons. The van der Waals surface area contributed by atoms with E-state index in [4.69, 9.17) is 4.74 Å². The lowest BCUT2D eigenvalue weighted by molar-refractivity contribution is 0.0758. The van der Waals surface area contributed by atoms with Gasteiger partial charge in [0.15, 0.2) is 0 Å². The van der Waals surface area contributed by atoms with Gasteiger partial charge in [-0.2, -0.15) is 0 Å². The minimum atomic E-state index is 0.136. The van der Waals surface area contributed by atoms with Crippen molar-refractivity contribution in [3.05, 3.63) is 49.3 Å². The van der Waals surface area contributed by atoms with Gasteiger partial charge < -0.3 is 19.7 Å². The van der Waals surface area contributed by atoms with Crippen LogP contribution in [-0.2, 0) is 0 Å². The summed E-state index contributed by atoms with van der Waals surface area (Å²) in [5, 5.41) is 14.2. The highest BCUT2D eigenvalue weighted by molar-refractivity contribution is 5.68. The lowest BCUT2D eigenvalue weighted by atomic mass is 9.86. The van der Waals surface area contributed by atoms with Crippen LogP contribution in [0.5, 0.6) is 11.6 Å². The van der Waals surface area contributed by atoms with E-state index in [0.29, 0.717) is 17.1 Å². The Morgan fingerprint density at radius 2 is 1.93 bits per heavy atom. The Morgan fingerprint density at radius 1 is 1.14 bits per heavy atom. The maximum absolute atomic E-state index is 10.5. The summed E-state index contributed by atoms with van der Waals surface area (Å²) in [7, 11) is 0. The SMILES string of the molecule is C[C@]12CC[C@](C)(CC(Oc3cnc(-c4ccc(-n5ccnc5)cc4O)cn3)C1)N2. The van der Waals surface area contributed by atoms with Gasteiger partial charge in [-0.25, -0.2) is 15.0 Å². The number of hydrogen-bond acceptors (Lipinski definition) is 6. The highest BCUT2D eigenvalue weighted by Crippen LogP contribution is 2.43. The van der Waals surface area contributed by atoms with Crippen LogP contribution in [0, 0.1) is 0 Å². The molecule has 2 aromatic heterocycles. The molecule has 0 aliphatic carbocycles. The van der Waals surface area contributed by atoms with Crippen LogP contribution in [0.4, 0.5) is 0 Å². The molecule has 7 nitrogen and oxygen atoms in total. The summed E-state index contributed by atoms with van der Waals surface area (Å²) in [4.78, 5) is 13.0. The van der Waals surface area contributed by atoms with Crippen molar-refractivity contribution in [1.82, 2.24) is 24.8 Å². The van der Waals surface area contributed by atoms with Gasteiger partial charge in [0.2, 0.25) is 5.88 Å². The molecule has 2 saturated heterocycles. The van der Waals surface area contributed by atoms with Crippen molar-refractivity contribution in [2.75, 3.05) is 0 Å². The molecule has 5 rings (SSSR count). The number of aromatic nitrogens is 4. The van der Waals surface area contributed by atoms with E-state index in [1.165, 1.54) is 12.8 Å². The Hall–Kier alpha value is -2.93. The quantitative estimate of drug-likeness (QED) is 0.708. The minimum absolute atomic E-state index is 0.136. The summed E-state index contributed by atoms with van der Waals surface area (Å²) >= 11 is 0. The van der Waals surface area contributed by atoms with Gasteiger partial charge in [0, 0.05) is 47.9 Å². The molecule has 2 N–H and O–H groups in total. The first-order valence-corrected chi connectivity index (χ1v) is 10.0. The van der Waals surface area contributed by atoms with Crippen LogP contribution in [0.25, 0.3) is 16.9 Å². The molecule has 1 unspecified atom stereocenters. The third-order valence-electron chi connectivity index (χ3n) is 6.16. The fourth-order valence-electron chi connectivity index (χ4n) is 4.87. The number of phenols is 1. The van der Waals surface area contributed by atoms with Gasteiger partial charge >= 0.3 is 0 Å². The van der Waals surface area contributed by atoms with E-state index >= 15 is 0 Å². The summed E-state index contributed by atoms with van der Waals surface area (Å²) in [6, 6.07) is 5.44. The van der Waals surface area contributed by atoms with Gasteiger partial charge in [0.1, 0.15) is 11.9 Å². The Morgan fingerprint density at radius 3 is 2.55 bits per heavy atom. The van der Waals surface area contributed by atoms with E-state index in [-0.39, 0.29) is 22.9 Å². The monoisotopic (exact) mass is 391 g/mol. The summed E-state index contributed by atoms with van der Waals surface area (Å²) in [6.07, 6.45) is 13.0. The number of ether oxygens (including phenoxy) is 1. The van der Waals surface area contributed by atoms with Crippen LogP contribution in [0.1, 0.15) is 39.5 Å². The molecular formula is C22H25N5O2. The van der Waals surface area contributed by atoms with E-state index in [1.807, 2.05) is 22.9 Å². The molecule has 2 aliphatic rings. The third kappa shape index (κ3) is 3.46. The number of nitrogens with zero attached hydrogens (tertiary/aromatic N) is 4. The fraction of sp³-hybridized carbons (Fsp3) is 0.409. The number of phenolic OH excluding ortho intramolecular Hbond substituents is 1. The van der Waals surface area contributed by atoms with E-state index < -0.39 is 0 Å². The van der Waals surface area contributed by atoms with Gasteiger partial charge in [-0.1, -0.05) is 0 Å².